The van der Waals surface area contributed by atoms with Crippen molar-refractivity contribution in [2.45, 2.75) is 79.2 Å². The fraction of sp³-hybridized carbons (Fsp3) is 0.947. The van der Waals surface area contributed by atoms with Crippen molar-refractivity contribution in [1.29, 1.82) is 5.26 Å². The minimum absolute atomic E-state index is 0.254. The van der Waals surface area contributed by atoms with Crippen molar-refractivity contribution in [3.8, 4) is 6.07 Å². The third-order valence-corrected chi connectivity index (χ3v) is 6.05. The van der Waals surface area contributed by atoms with E-state index < -0.39 is 0 Å². The van der Waals surface area contributed by atoms with Crippen LogP contribution in [0.3, 0.4) is 0 Å². The normalized spacial score (nSPS) is 35.0. The van der Waals surface area contributed by atoms with Crippen LogP contribution >= 0.6 is 0 Å². The third kappa shape index (κ3) is 4.22. The summed E-state index contributed by atoms with van der Waals surface area (Å²) in [6.45, 7) is 14.3. The van der Waals surface area contributed by atoms with Crippen molar-refractivity contribution >= 4 is 0 Å². The Bertz CT molecular complexity index is 385. The summed E-state index contributed by atoms with van der Waals surface area (Å²) in [6, 6.07) is 3.12. The Balaban J connectivity index is 2.09. The molecule has 2 heteroatoms. The van der Waals surface area contributed by atoms with Crippen molar-refractivity contribution in [3.05, 3.63) is 0 Å². The fourth-order valence-corrected chi connectivity index (χ4v) is 4.26. The van der Waals surface area contributed by atoms with Crippen LogP contribution in [0.4, 0.5) is 0 Å². The highest BCUT2D eigenvalue weighted by molar-refractivity contribution is 5.00. The predicted octanol–water partition coefficient (Wildman–Crippen LogP) is 4.85. The van der Waals surface area contributed by atoms with Gasteiger partial charge >= 0.3 is 0 Å². The summed E-state index contributed by atoms with van der Waals surface area (Å²) < 4.78 is 0. The summed E-state index contributed by atoms with van der Waals surface area (Å²) >= 11 is 0. The van der Waals surface area contributed by atoms with Gasteiger partial charge in [0.25, 0.3) is 0 Å². The van der Waals surface area contributed by atoms with Gasteiger partial charge in [0.2, 0.25) is 0 Å². The fourth-order valence-electron chi connectivity index (χ4n) is 4.26. The van der Waals surface area contributed by atoms with Crippen LogP contribution in [-0.4, -0.2) is 24.0 Å². The van der Waals surface area contributed by atoms with E-state index in [9.17, 15) is 5.26 Å². The molecule has 0 N–H and O–H groups in total. The predicted molar refractivity (Wildman–Crippen MR) is 88.9 cm³/mol. The lowest BCUT2D eigenvalue weighted by molar-refractivity contribution is 0.0606. The van der Waals surface area contributed by atoms with E-state index in [0.29, 0.717) is 16.9 Å². The smallest absolute Gasteiger partial charge is 0.0672 e. The number of hydrogen-bond donors (Lipinski definition) is 0. The monoisotopic (exact) mass is 290 g/mol. The molecule has 3 atom stereocenters. The molecule has 1 heterocycles. The average Bonchev–Trinajstić information content (AvgIpc) is 2.58. The van der Waals surface area contributed by atoms with Crippen molar-refractivity contribution in [3.63, 3.8) is 0 Å². The SMILES string of the molecule is CC1(C)CCCN(C2CC(C(C)(C)C)CCC2C#N)CC1. The maximum atomic E-state index is 9.58. The molecule has 0 spiro atoms. The zero-order valence-electron chi connectivity index (χ0n) is 14.8. The minimum Gasteiger partial charge on any atom is -0.299 e. The van der Waals surface area contributed by atoms with Gasteiger partial charge in [-0.1, -0.05) is 34.6 Å². The van der Waals surface area contributed by atoms with Gasteiger partial charge in [-0.2, -0.15) is 5.26 Å². The number of rotatable bonds is 1. The van der Waals surface area contributed by atoms with E-state index in [4.69, 9.17) is 0 Å². The average molecular weight is 290 g/mol. The summed E-state index contributed by atoms with van der Waals surface area (Å²) in [4.78, 5) is 2.67. The molecule has 1 aliphatic heterocycles. The minimum atomic E-state index is 0.254. The van der Waals surface area contributed by atoms with Gasteiger partial charge in [-0.25, -0.2) is 0 Å². The topological polar surface area (TPSA) is 27.0 Å². The summed E-state index contributed by atoms with van der Waals surface area (Å²) in [5.74, 6) is 1.02. The second-order valence-electron chi connectivity index (χ2n) is 9.23. The number of nitrogens with zero attached hydrogens (tertiary/aromatic N) is 2. The number of likely N-dealkylation sites (tertiary alicyclic amines) is 1. The van der Waals surface area contributed by atoms with Gasteiger partial charge in [-0.05, 0) is 68.4 Å². The second kappa shape index (κ2) is 6.29. The van der Waals surface area contributed by atoms with Crippen LogP contribution in [-0.2, 0) is 0 Å². The van der Waals surface area contributed by atoms with E-state index >= 15 is 0 Å². The van der Waals surface area contributed by atoms with Crippen LogP contribution < -0.4 is 0 Å². The molecule has 2 nitrogen and oxygen atoms in total. The first kappa shape index (κ1) is 16.8. The Kier molecular flexibility index (Phi) is 5.03. The van der Waals surface area contributed by atoms with Crippen LogP contribution in [0.25, 0.3) is 0 Å². The van der Waals surface area contributed by atoms with Crippen LogP contribution in [0.5, 0.6) is 0 Å². The lowest BCUT2D eigenvalue weighted by Gasteiger charge is -2.44. The molecule has 0 aromatic carbocycles. The molecule has 0 aromatic heterocycles. The molecule has 0 amide bonds. The van der Waals surface area contributed by atoms with E-state index in [1.807, 2.05) is 0 Å². The van der Waals surface area contributed by atoms with Crippen molar-refractivity contribution in [2.24, 2.45) is 22.7 Å². The van der Waals surface area contributed by atoms with Crippen LogP contribution in [0.1, 0.15) is 73.1 Å². The molecule has 0 aromatic rings. The van der Waals surface area contributed by atoms with Gasteiger partial charge in [0, 0.05) is 6.04 Å². The van der Waals surface area contributed by atoms with E-state index in [-0.39, 0.29) is 5.92 Å². The molecular weight excluding hydrogens is 256 g/mol. The maximum Gasteiger partial charge on any atom is 0.0672 e. The first-order chi connectivity index (χ1) is 9.73. The second-order valence-corrected chi connectivity index (χ2v) is 9.23. The molecule has 1 saturated heterocycles. The van der Waals surface area contributed by atoms with Crippen LogP contribution in [0.15, 0.2) is 0 Å². The van der Waals surface area contributed by atoms with E-state index in [1.165, 1.54) is 45.2 Å². The molecule has 21 heavy (non-hydrogen) atoms. The molecule has 2 aliphatic rings. The zero-order chi connectivity index (χ0) is 15.7. The maximum absolute atomic E-state index is 9.58. The first-order valence-electron chi connectivity index (χ1n) is 8.87. The highest BCUT2D eigenvalue weighted by atomic mass is 15.2. The lowest BCUT2D eigenvalue weighted by atomic mass is 9.67. The van der Waals surface area contributed by atoms with E-state index in [0.717, 1.165) is 12.3 Å². The highest BCUT2D eigenvalue weighted by Gasteiger charge is 2.39. The van der Waals surface area contributed by atoms with Gasteiger partial charge in [0.15, 0.2) is 0 Å². The largest absolute Gasteiger partial charge is 0.299 e. The third-order valence-electron chi connectivity index (χ3n) is 6.05. The van der Waals surface area contributed by atoms with Gasteiger partial charge in [0.1, 0.15) is 0 Å². The summed E-state index contributed by atoms with van der Waals surface area (Å²) in [5.41, 5.74) is 0.860. The molecule has 0 bridgehead atoms. The van der Waals surface area contributed by atoms with Gasteiger partial charge < -0.3 is 0 Å². The summed E-state index contributed by atoms with van der Waals surface area (Å²) in [7, 11) is 0. The highest BCUT2D eigenvalue weighted by Crippen LogP contribution is 2.42. The zero-order valence-corrected chi connectivity index (χ0v) is 14.8. The Morgan fingerprint density at radius 3 is 2.43 bits per heavy atom. The lowest BCUT2D eigenvalue weighted by Crippen LogP contribution is -2.46. The van der Waals surface area contributed by atoms with Crippen LogP contribution in [0, 0.1) is 34.0 Å². The van der Waals surface area contributed by atoms with Crippen LogP contribution in [0.2, 0.25) is 0 Å². The van der Waals surface area contributed by atoms with Crippen molar-refractivity contribution in [1.82, 2.24) is 4.90 Å². The van der Waals surface area contributed by atoms with Gasteiger partial charge in [-0.3, -0.25) is 4.90 Å². The summed E-state index contributed by atoms with van der Waals surface area (Å²) in [5, 5.41) is 9.58. The Labute approximate surface area is 131 Å². The Morgan fingerprint density at radius 1 is 1.10 bits per heavy atom. The molecule has 120 valence electrons. The first-order valence-corrected chi connectivity index (χ1v) is 8.87. The standard InChI is InChI=1S/C19H34N2/c1-18(2,3)16-8-7-15(14-20)17(13-16)21-11-6-9-19(4,5)10-12-21/h15-17H,6-13H2,1-5H3. The number of hydrogen-bond acceptors (Lipinski definition) is 2. The Hall–Kier alpha value is -0.550. The molecule has 3 unspecified atom stereocenters. The molecule has 1 aliphatic carbocycles. The molecule has 1 saturated carbocycles. The van der Waals surface area contributed by atoms with Gasteiger partial charge in [0.05, 0.1) is 12.0 Å². The molecule has 0 radical (unpaired) electrons. The molecule has 2 fully saturated rings. The van der Waals surface area contributed by atoms with Crippen molar-refractivity contribution in [2.75, 3.05) is 13.1 Å². The van der Waals surface area contributed by atoms with Crippen molar-refractivity contribution < 1.29 is 0 Å². The number of nitriles is 1. The molecule has 2 rings (SSSR count). The van der Waals surface area contributed by atoms with E-state index in [1.54, 1.807) is 0 Å². The van der Waals surface area contributed by atoms with Gasteiger partial charge in [-0.15, -0.1) is 0 Å². The van der Waals surface area contributed by atoms with E-state index in [2.05, 4.69) is 45.6 Å². The Morgan fingerprint density at radius 2 is 1.81 bits per heavy atom. The molecular formula is C19H34N2. The summed E-state index contributed by atoms with van der Waals surface area (Å²) in [6.07, 6.45) is 7.46. The quantitative estimate of drug-likeness (QED) is 0.690.